The Morgan fingerprint density at radius 3 is 2.33 bits per heavy atom. The summed E-state index contributed by atoms with van der Waals surface area (Å²) >= 11 is 12.5. The van der Waals surface area contributed by atoms with Crippen molar-refractivity contribution in [2.24, 2.45) is 7.05 Å². The van der Waals surface area contributed by atoms with Gasteiger partial charge in [-0.05, 0) is 104 Å². The molecule has 0 spiro atoms. The number of carbonyl (C=O) groups excluding carboxylic acids is 2. The molecular weight excluding hydrogens is 737 g/mol. The zero-order chi connectivity index (χ0) is 38.9. The van der Waals surface area contributed by atoms with Crippen molar-refractivity contribution in [3.8, 4) is 28.5 Å². The van der Waals surface area contributed by atoms with Gasteiger partial charge in [-0.2, -0.15) is 0 Å². The maximum atomic E-state index is 14.9. The number of aromatic nitrogens is 1. The van der Waals surface area contributed by atoms with Crippen molar-refractivity contribution in [1.82, 2.24) is 9.47 Å². The predicted octanol–water partition coefficient (Wildman–Crippen LogP) is 10.5. The molecule has 11 heteroatoms. The normalized spacial score (nSPS) is 13.0. The van der Waals surface area contributed by atoms with Gasteiger partial charge in [0, 0.05) is 65.0 Å². The van der Waals surface area contributed by atoms with Crippen LogP contribution in [0.25, 0.3) is 11.3 Å². The van der Waals surface area contributed by atoms with Crippen molar-refractivity contribution < 1.29 is 23.9 Å². The standard InChI is InChI=1S/C43H47Cl2N3O5Si/c1-28-37(26-39(46(28)5)38-24-30(45)14-19-36(38)41(50)47-22-20-35-29(27-47)10-8-13-40(35)49)42(51)48(32-11-9-12-34(25-32)52-23-21-44)31-15-17-33(18-16-31)53-54(6,7)43(2,3)4/h8-19,24-26,49H,20-23,27H2,1-7H3. The van der Waals surface area contributed by atoms with E-state index in [4.69, 9.17) is 32.4 Å². The molecule has 2 heterocycles. The third-order valence-electron chi connectivity index (χ3n) is 10.7. The molecule has 0 unspecified atom stereocenters. The van der Waals surface area contributed by atoms with Gasteiger partial charge in [-0.15, -0.1) is 11.6 Å². The van der Waals surface area contributed by atoms with Gasteiger partial charge in [0.2, 0.25) is 8.32 Å². The predicted molar refractivity (Wildman–Crippen MR) is 221 cm³/mol. The second-order valence-electron chi connectivity index (χ2n) is 15.2. The summed E-state index contributed by atoms with van der Waals surface area (Å²) in [6.45, 7) is 14.1. The van der Waals surface area contributed by atoms with Crippen LogP contribution in [0.4, 0.5) is 11.4 Å². The fourth-order valence-corrected chi connectivity index (χ4v) is 7.79. The number of carbonyl (C=O) groups is 2. The van der Waals surface area contributed by atoms with Crippen molar-refractivity contribution >= 4 is 54.7 Å². The first-order chi connectivity index (χ1) is 25.6. The molecule has 282 valence electrons. The number of phenols is 1. The average molecular weight is 785 g/mol. The van der Waals surface area contributed by atoms with Gasteiger partial charge >= 0.3 is 0 Å². The SMILES string of the molecule is Cc1c(C(=O)N(c2ccc(O[Si](C)(C)C(C)(C)C)cc2)c2cccc(OCCCl)c2)cc(-c2cc(Cl)ccc2C(=O)N2CCc3c(O)cccc3C2)n1C. The number of aromatic hydroxyl groups is 1. The highest BCUT2D eigenvalue weighted by molar-refractivity contribution is 6.74. The number of phenolic OH excluding ortho intramolecular Hbond substituents is 1. The molecule has 5 aromatic rings. The summed E-state index contributed by atoms with van der Waals surface area (Å²) in [5.74, 6) is 1.51. The number of ether oxygens (including phenoxy) is 1. The van der Waals surface area contributed by atoms with E-state index >= 15 is 0 Å². The van der Waals surface area contributed by atoms with Crippen LogP contribution in [0.5, 0.6) is 17.2 Å². The maximum absolute atomic E-state index is 14.9. The van der Waals surface area contributed by atoms with Crippen LogP contribution in [0.1, 0.15) is 58.3 Å². The summed E-state index contributed by atoms with van der Waals surface area (Å²) in [7, 11) is -0.212. The maximum Gasteiger partial charge on any atom is 0.264 e. The molecule has 0 saturated heterocycles. The minimum Gasteiger partial charge on any atom is -0.544 e. The highest BCUT2D eigenvalue weighted by atomic mass is 35.5. The first-order valence-electron chi connectivity index (χ1n) is 18.1. The zero-order valence-corrected chi connectivity index (χ0v) is 34.4. The molecule has 1 aliphatic heterocycles. The number of benzene rings is 4. The first kappa shape index (κ1) is 39.0. The molecule has 0 atom stereocenters. The smallest absolute Gasteiger partial charge is 0.264 e. The number of hydrogen-bond donors (Lipinski definition) is 1. The number of fused-ring (bicyclic) bond motifs is 1. The number of anilines is 2. The van der Waals surface area contributed by atoms with E-state index < -0.39 is 8.32 Å². The van der Waals surface area contributed by atoms with Crippen molar-refractivity contribution in [2.75, 3.05) is 23.9 Å². The van der Waals surface area contributed by atoms with Gasteiger partial charge in [0.25, 0.3) is 11.8 Å². The number of nitrogens with zero attached hydrogens (tertiary/aromatic N) is 3. The minimum atomic E-state index is -2.10. The fraction of sp³-hybridized carbons (Fsp3) is 0.302. The number of halogens is 2. The molecule has 0 bridgehead atoms. The van der Waals surface area contributed by atoms with Gasteiger partial charge in [-0.25, -0.2) is 0 Å². The lowest BCUT2D eigenvalue weighted by molar-refractivity contribution is 0.0734. The highest BCUT2D eigenvalue weighted by Crippen LogP contribution is 2.39. The molecule has 0 saturated carbocycles. The second kappa shape index (κ2) is 15.6. The molecule has 0 aliphatic carbocycles. The number of hydrogen-bond acceptors (Lipinski definition) is 5. The second-order valence-corrected chi connectivity index (χ2v) is 20.7. The summed E-state index contributed by atoms with van der Waals surface area (Å²) in [4.78, 5) is 32.6. The minimum absolute atomic E-state index is 0.0241. The van der Waals surface area contributed by atoms with E-state index in [1.54, 1.807) is 40.1 Å². The van der Waals surface area contributed by atoms with E-state index in [1.165, 1.54) is 0 Å². The molecule has 6 rings (SSSR count). The van der Waals surface area contributed by atoms with Crippen molar-refractivity contribution in [3.63, 3.8) is 0 Å². The quantitative estimate of drug-likeness (QED) is 0.113. The number of rotatable bonds is 10. The molecule has 0 radical (unpaired) electrons. The van der Waals surface area contributed by atoms with E-state index in [-0.39, 0.29) is 22.6 Å². The lowest BCUT2D eigenvalue weighted by atomic mass is 9.97. The molecular formula is C43H47Cl2N3O5Si. The Morgan fingerprint density at radius 2 is 1.63 bits per heavy atom. The van der Waals surface area contributed by atoms with Gasteiger partial charge in [0.1, 0.15) is 23.9 Å². The van der Waals surface area contributed by atoms with Gasteiger partial charge in [0.05, 0.1) is 17.1 Å². The van der Waals surface area contributed by atoms with E-state index in [9.17, 15) is 14.7 Å². The van der Waals surface area contributed by atoms with E-state index in [0.29, 0.717) is 82.2 Å². The molecule has 1 aliphatic rings. The molecule has 54 heavy (non-hydrogen) atoms. The van der Waals surface area contributed by atoms with Crippen LogP contribution in [0, 0.1) is 6.92 Å². The van der Waals surface area contributed by atoms with Crippen LogP contribution >= 0.6 is 23.2 Å². The summed E-state index contributed by atoms with van der Waals surface area (Å²) < 4.78 is 14.3. The Balaban J connectivity index is 1.39. The van der Waals surface area contributed by atoms with Gasteiger partial charge in [0.15, 0.2) is 0 Å². The van der Waals surface area contributed by atoms with Gasteiger partial charge in [-0.1, -0.05) is 50.6 Å². The molecule has 1 N–H and O–H groups in total. The van der Waals surface area contributed by atoms with Crippen LogP contribution in [-0.4, -0.2) is 53.7 Å². The third-order valence-corrected chi connectivity index (χ3v) is 15.4. The highest BCUT2D eigenvalue weighted by Gasteiger charge is 2.39. The summed E-state index contributed by atoms with van der Waals surface area (Å²) in [5.41, 5.74) is 6.00. The van der Waals surface area contributed by atoms with Crippen molar-refractivity contribution in [1.29, 1.82) is 0 Å². The van der Waals surface area contributed by atoms with Crippen LogP contribution in [0.15, 0.2) is 91.0 Å². The Hall–Kier alpha value is -4.70. The molecule has 2 amide bonds. The average Bonchev–Trinajstić information content (AvgIpc) is 3.43. The lowest BCUT2D eigenvalue weighted by Gasteiger charge is -2.36. The molecule has 1 aromatic heterocycles. The molecule has 4 aromatic carbocycles. The van der Waals surface area contributed by atoms with Crippen LogP contribution < -0.4 is 14.1 Å². The Kier molecular flexibility index (Phi) is 11.2. The summed E-state index contributed by atoms with van der Waals surface area (Å²) in [6, 6.07) is 27.5. The zero-order valence-electron chi connectivity index (χ0n) is 31.9. The van der Waals surface area contributed by atoms with E-state index in [0.717, 1.165) is 16.9 Å². The van der Waals surface area contributed by atoms with Crippen molar-refractivity contribution in [2.45, 2.75) is 58.8 Å². The monoisotopic (exact) mass is 783 g/mol. The number of amides is 2. The molecule has 0 fully saturated rings. The fourth-order valence-electron chi connectivity index (χ4n) is 6.51. The Bertz CT molecular complexity index is 2190. The van der Waals surface area contributed by atoms with E-state index in [2.05, 4.69) is 33.9 Å². The summed E-state index contributed by atoms with van der Waals surface area (Å²) in [5, 5.41) is 10.9. The third kappa shape index (κ3) is 7.90. The summed E-state index contributed by atoms with van der Waals surface area (Å²) in [6.07, 6.45) is 0.552. The van der Waals surface area contributed by atoms with Crippen LogP contribution in [-0.2, 0) is 20.0 Å². The molecule has 8 nitrogen and oxygen atoms in total. The lowest BCUT2D eigenvalue weighted by Crippen LogP contribution is -2.43. The number of alkyl halides is 1. The Labute approximate surface area is 329 Å². The largest absolute Gasteiger partial charge is 0.544 e. The van der Waals surface area contributed by atoms with Gasteiger partial charge < -0.3 is 23.7 Å². The Morgan fingerprint density at radius 1 is 0.907 bits per heavy atom. The van der Waals surface area contributed by atoms with Crippen molar-refractivity contribution in [3.05, 3.63) is 124 Å². The van der Waals surface area contributed by atoms with Crippen LogP contribution in [0.3, 0.4) is 0 Å². The first-order valence-corrected chi connectivity index (χ1v) is 21.9. The van der Waals surface area contributed by atoms with Gasteiger partial charge in [-0.3, -0.25) is 14.5 Å². The van der Waals surface area contributed by atoms with E-state index in [1.807, 2.05) is 79.2 Å². The van der Waals surface area contributed by atoms with Crippen LogP contribution in [0.2, 0.25) is 23.2 Å². The topological polar surface area (TPSA) is 84.2 Å².